The van der Waals surface area contributed by atoms with Crippen LogP contribution in [0.4, 0.5) is 0 Å². The number of ether oxygens (including phenoxy) is 1. The molecule has 1 aliphatic heterocycles. The van der Waals surface area contributed by atoms with Crippen molar-refractivity contribution in [2.75, 3.05) is 25.4 Å². The van der Waals surface area contributed by atoms with Gasteiger partial charge in [-0.2, -0.15) is 5.26 Å². The Hall–Kier alpha value is -2.98. The van der Waals surface area contributed by atoms with E-state index in [0.717, 1.165) is 5.56 Å². The summed E-state index contributed by atoms with van der Waals surface area (Å²) in [6.07, 6.45) is 1.50. The molecule has 0 fully saturated rings. The fraction of sp³-hybridized carbons (Fsp3) is 0.348. The van der Waals surface area contributed by atoms with E-state index in [4.69, 9.17) is 4.74 Å². The van der Waals surface area contributed by atoms with Crippen molar-refractivity contribution in [1.29, 1.82) is 5.26 Å². The van der Waals surface area contributed by atoms with Gasteiger partial charge in [0.05, 0.1) is 33.9 Å². The first-order valence-electron chi connectivity index (χ1n) is 9.83. The second-order valence-electron chi connectivity index (χ2n) is 6.60. The molecule has 0 saturated heterocycles. The van der Waals surface area contributed by atoms with Crippen molar-refractivity contribution in [3.05, 3.63) is 70.4 Å². The number of carbonyl (C=O) groups excluding carboxylic acids is 2. The molecule has 0 aromatic heterocycles. The van der Waals surface area contributed by atoms with Crippen LogP contribution >= 0.6 is 11.8 Å². The molecule has 30 heavy (non-hydrogen) atoms. The molecule has 0 spiro atoms. The van der Waals surface area contributed by atoms with Crippen molar-refractivity contribution in [1.82, 2.24) is 10.2 Å². The standard InChI is InChI=1S/C23H27N3O3S/c1-5-13-29-23(28)20-16(4)25-22(30-15-19(27)26(6-2)7-3)18(14-24)21(20)17-11-9-8-10-12-17/h5,8-12,21,25H,1,6-7,13,15H2,2-4H3/t21-/m1/s1. The van der Waals surface area contributed by atoms with E-state index >= 15 is 0 Å². The minimum Gasteiger partial charge on any atom is -0.458 e. The molecule has 0 saturated carbocycles. The number of benzene rings is 1. The Balaban J connectivity index is 2.43. The zero-order valence-electron chi connectivity index (χ0n) is 17.6. The maximum atomic E-state index is 12.8. The molecule has 1 aromatic rings. The SMILES string of the molecule is C=CCOC(=O)C1=C(C)NC(SCC(=O)N(CC)CC)=C(C#N)[C@H]1c1ccccc1. The predicted octanol–water partition coefficient (Wildman–Crippen LogP) is 3.71. The molecule has 1 heterocycles. The van der Waals surface area contributed by atoms with Crippen LogP contribution in [0.3, 0.4) is 0 Å². The summed E-state index contributed by atoms with van der Waals surface area (Å²) in [5, 5.41) is 13.7. The lowest BCUT2D eigenvalue weighted by Gasteiger charge is -2.29. The van der Waals surface area contributed by atoms with Gasteiger partial charge in [0.25, 0.3) is 0 Å². The number of rotatable bonds is 9. The molecular weight excluding hydrogens is 398 g/mol. The van der Waals surface area contributed by atoms with Crippen molar-refractivity contribution in [2.24, 2.45) is 0 Å². The number of nitrogens with one attached hydrogen (secondary N) is 1. The number of esters is 1. The molecule has 1 aliphatic rings. The first kappa shape index (κ1) is 23.3. The maximum Gasteiger partial charge on any atom is 0.337 e. The Morgan fingerprint density at radius 3 is 2.53 bits per heavy atom. The van der Waals surface area contributed by atoms with Gasteiger partial charge in [-0.3, -0.25) is 4.79 Å². The van der Waals surface area contributed by atoms with Crippen molar-refractivity contribution in [3.63, 3.8) is 0 Å². The molecule has 6 nitrogen and oxygen atoms in total. The minimum atomic E-state index is -0.569. The minimum absolute atomic E-state index is 0.00525. The molecule has 2 rings (SSSR count). The number of amides is 1. The summed E-state index contributed by atoms with van der Waals surface area (Å²) in [7, 11) is 0. The van der Waals surface area contributed by atoms with Gasteiger partial charge in [0, 0.05) is 18.8 Å². The van der Waals surface area contributed by atoms with E-state index in [1.54, 1.807) is 11.8 Å². The van der Waals surface area contributed by atoms with Crippen LogP contribution in [0.5, 0.6) is 0 Å². The zero-order valence-corrected chi connectivity index (χ0v) is 18.4. The Labute approximate surface area is 182 Å². The second-order valence-corrected chi connectivity index (χ2v) is 7.59. The van der Waals surface area contributed by atoms with E-state index in [0.29, 0.717) is 35.0 Å². The Bertz CT molecular complexity index is 896. The number of thioether (sulfide) groups is 1. The highest BCUT2D eigenvalue weighted by atomic mass is 32.2. The highest BCUT2D eigenvalue weighted by Gasteiger charge is 2.35. The van der Waals surface area contributed by atoms with E-state index in [2.05, 4.69) is 18.0 Å². The second kappa shape index (κ2) is 11.3. The van der Waals surface area contributed by atoms with E-state index in [9.17, 15) is 14.9 Å². The summed E-state index contributed by atoms with van der Waals surface area (Å²) in [5.74, 6) is -0.850. The number of hydrogen-bond acceptors (Lipinski definition) is 6. The van der Waals surface area contributed by atoms with E-state index in [-0.39, 0.29) is 18.3 Å². The number of nitrogens with zero attached hydrogens (tertiary/aromatic N) is 2. The van der Waals surface area contributed by atoms with Crippen LogP contribution in [-0.2, 0) is 14.3 Å². The van der Waals surface area contributed by atoms with Crippen LogP contribution < -0.4 is 5.32 Å². The molecule has 1 N–H and O–H groups in total. The number of dihydropyridines is 1. The van der Waals surface area contributed by atoms with E-state index < -0.39 is 11.9 Å². The van der Waals surface area contributed by atoms with Gasteiger partial charge in [0.2, 0.25) is 5.91 Å². The number of nitriles is 1. The summed E-state index contributed by atoms with van der Waals surface area (Å²) in [5.41, 5.74) is 2.21. The number of hydrogen-bond donors (Lipinski definition) is 1. The van der Waals surface area contributed by atoms with Gasteiger partial charge >= 0.3 is 5.97 Å². The molecule has 1 aromatic carbocycles. The highest BCUT2D eigenvalue weighted by Crippen LogP contribution is 2.40. The van der Waals surface area contributed by atoms with Crippen molar-refractivity contribution >= 4 is 23.6 Å². The van der Waals surface area contributed by atoms with Crippen LogP contribution in [0.25, 0.3) is 0 Å². The quantitative estimate of drug-likeness (QED) is 0.480. The maximum absolute atomic E-state index is 12.8. The molecule has 0 unspecified atom stereocenters. The van der Waals surface area contributed by atoms with Crippen molar-refractivity contribution in [3.8, 4) is 6.07 Å². The molecule has 1 amide bonds. The topological polar surface area (TPSA) is 82.4 Å². The zero-order chi connectivity index (χ0) is 22.1. The van der Waals surface area contributed by atoms with Crippen LogP contribution in [0, 0.1) is 11.3 Å². The van der Waals surface area contributed by atoms with Gasteiger partial charge < -0.3 is 15.0 Å². The molecule has 7 heteroatoms. The average Bonchev–Trinajstić information content (AvgIpc) is 2.76. The van der Waals surface area contributed by atoms with Crippen LogP contribution in [0.1, 0.15) is 32.3 Å². The van der Waals surface area contributed by atoms with Gasteiger partial charge in [0.15, 0.2) is 0 Å². The summed E-state index contributed by atoms with van der Waals surface area (Å²) in [6, 6.07) is 11.6. The molecule has 0 bridgehead atoms. The first-order chi connectivity index (χ1) is 14.5. The van der Waals surface area contributed by atoms with E-state index in [1.165, 1.54) is 17.8 Å². The third-order valence-electron chi connectivity index (χ3n) is 4.79. The molecule has 158 valence electrons. The van der Waals surface area contributed by atoms with Gasteiger partial charge in [-0.05, 0) is 26.3 Å². The van der Waals surface area contributed by atoms with Crippen molar-refractivity contribution < 1.29 is 14.3 Å². The average molecular weight is 426 g/mol. The lowest BCUT2D eigenvalue weighted by atomic mass is 9.82. The fourth-order valence-electron chi connectivity index (χ4n) is 3.29. The van der Waals surface area contributed by atoms with Gasteiger partial charge in [-0.25, -0.2) is 4.79 Å². The summed E-state index contributed by atoms with van der Waals surface area (Å²) in [4.78, 5) is 27.0. The molecular formula is C23H27N3O3S. The smallest absolute Gasteiger partial charge is 0.337 e. The lowest BCUT2D eigenvalue weighted by molar-refractivity contribution is -0.138. The third kappa shape index (κ3) is 5.33. The van der Waals surface area contributed by atoms with Crippen molar-refractivity contribution in [2.45, 2.75) is 26.7 Å². The summed E-state index contributed by atoms with van der Waals surface area (Å²) < 4.78 is 5.29. The monoisotopic (exact) mass is 425 g/mol. The third-order valence-corrected chi connectivity index (χ3v) is 5.79. The lowest BCUT2D eigenvalue weighted by Crippen LogP contribution is -2.33. The molecule has 0 radical (unpaired) electrons. The first-order valence-corrected chi connectivity index (χ1v) is 10.8. The molecule has 0 aliphatic carbocycles. The summed E-state index contributed by atoms with van der Waals surface area (Å²) in [6.45, 7) is 10.6. The van der Waals surface area contributed by atoms with Gasteiger partial charge in [0.1, 0.15) is 6.61 Å². The highest BCUT2D eigenvalue weighted by molar-refractivity contribution is 8.03. The fourth-order valence-corrected chi connectivity index (χ4v) is 4.28. The Morgan fingerprint density at radius 2 is 1.97 bits per heavy atom. The van der Waals surface area contributed by atoms with Gasteiger partial charge in [-0.15, -0.1) is 0 Å². The number of carbonyl (C=O) groups is 2. The molecule has 1 atom stereocenters. The number of allylic oxidation sites excluding steroid dienone is 2. The summed E-state index contributed by atoms with van der Waals surface area (Å²) >= 11 is 1.28. The van der Waals surface area contributed by atoms with E-state index in [1.807, 2.05) is 44.2 Å². The largest absolute Gasteiger partial charge is 0.458 e. The van der Waals surface area contributed by atoms with Crippen LogP contribution in [0.15, 0.2) is 64.9 Å². The Kier molecular flexibility index (Phi) is 8.75. The van der Waals surface area contributed by atoms with Gasteiger partial charge in [-0.1, -0.05) is 54.7 Å². The normalized spacial score (nSPS) is 15.9. The van der Waals surface area contributed by atoms with Crippen LogP contribution in [0.2, 0.25) is 0 Å². The predicted molar refractivity (Wildman–Crippen MR) is 119 cm³/mol. The Morgan fingerprint density at radius 1 is 1.30 bits per heavy atom. The van der Waals surface area contributed by atoms with Crippen LogP contribution in [-0.4, -0.2) is 42.2 Å².